The Morgan fingerprint density at radius 2 is 1.24 bits per heavy atom. The Balaban J connectivity index is 1.47. The lowest BCUT2D eigenvalue weighted by atomic mass is 9.85. The summed E-state index contributed by atoms with van der Waals surface area (Å²) in [6.07, 6.45) is 4.24. The smallest absolute Gasteiger partial charge is 0.238 e. The molecule has 37 heavy (non-hydrogen) atoms. The number of benzene rings is 3. The minimum atomic E-state index is -0.399. The van der Waals surface area contributed by atoms with Crippen molar-refractivity contribution in [2.75, 3.05) is 19.1 Å². The van der Waals surface area contributed by atoms with Gasteiger partial charge in [0, 0.05) is 16.3 Å². The van der Waals surface area contributed by atoms with E-state index in [1.54, 1.807) is 14.2 Å². The Labute approximate surface area is 224 Å². The number of carbonyl (C=O) groups is 2. The van der Waals surface area contributed by atoms with Gasteiger partial charge >= 0.3 is 0 Å². The van der Waals surface area contributed by atoms with E-state index in [1.807, 2.05) is 73.7 Å². The first-order valence-electron chi connectivity index (χ1n) is 12.3. The van der Waals surface area contributed by atoms with E-state index in [-0.39, 0.29) is 23.7 Å². The SMILES string of the molecule is COc1ccc(C(=C2[C@H]3C=C[C@H]2[C@H]2C(=O)N(c4ccc(C)c(Br)c4)C(=O)[C@H]23)c2ccc(OC)cc2)cc1. The monoisotopic (exact) mass is 555 g/mol. The molecule has 6 heteroatoms. The van der Waals surface area contributed by atoms with Gasteiger partial charge in [-0.1, -0.05) is 58.4 Å². The van der Waals surface area contributed by atoms with Crippen molar-refractivity contribution in [2.45, 2.75) is 6.92 Å². The van der Waals surface area contributed by atoms with Crippen LogP contribution in [0.1, 0.15) is 16.7 Å². The van der Waals surface area contributed by atoms with Gasteiger partial charge in [0.2, 0.25) is 11.8 Å². The van der Waals surface area contributed by atoms with Crippen LogP contribution in [0.5, 0.6) is 11.5 Å². The van der Waals surface area contributed by atoms with Crippen molar-refractivity contribution in [2.24, 2.45) is 23.7 Å². The highest BCUT2D eigenvalue weighted by Gasteiger charge is 2.62. The number of aryl methyl sites for hydroxylation is 1. The predicted molar refractivity (Wildman–Crippen MR) is 146 cm³/mol. The van der Waals surface area contributed by atoms with Crippen LogP contribution in [0.3, 0.4) is 0 Å². The van der Waals surface area contributed by atoms with Gasteiger partial charge in [-0.3, -0.25) is 9.59 Å². The minimum absolute atomic E-state index is 0.121. The van der Waals surface area contributed by atoms with Crippen LogP contribution in [-0.4, -0.2) is 26.0 Å². The van der Waals surface area contributed by atoms with Gasteiger partial charge in [0.1, 0.15) is 11.5 Å². The van der Waals surface area contributed by atoms with Crippen LogP contribution in [0.25, 0.3) is 5.57 Å². The maximum atomic E-state index is 13.8. The molecular formula is C31H26BrNO4. The zero-order valence-electron chi connectivity index (χ0n) is 20.8. The number of imide groups is 1. The predicted octanol–water partition coefficient (Wildman–Crippen LogP) is 6.20. The maximum absolute atomic E-state index is 13.8. The number of anilines is 1. The van der Waals surface area contributed by atoms with Crippen LogP contribution in [0, 0.1) is 30.6 Å². The van der Waals surface area contributed by atoms with E-state index in [9.17, 15) is 9.59 Å². The minimum Gasteiger partial charge on any atom is -0.497 e. The molecule has 2 aliphatic carbocycles. The fourth-order valence-corrected chi connectivity index (χ4v) is 6.45. The molecule has 1 heterocycles. The highest BCUT2D eigenvalue weighted by atomic mass is 79.9. The van der Waals surface area contributed by atoms with E-state index in [4.69, 9.17) is 9.47 Å². The Morgan fingerprint density at radius 1 is 0.757 bits per heavy atom. The lowest BCUT2D eigenvalue weighted by Crippen LogP contribution is -2.33. The van der Waals surface area contributed by atoms with Gasteiger partial charge in [0.15, 0.2) is 0 Å². The molecule has 2 amide bonds. The molecule has 186 valence electrons. The summed E-state index contributed by atoms with van der Waals surface area (Å²) in [7, 11) is 3.30. The number of hydrogen-bond acceptors (Lipinski definition) is 4. The number of fused-ring (bicyclic) bond motifs is 5. The topological polar surface area (TPSA) is 55.8 Å². The second kappa shape index (κ2) is 9.03. The van der Waals surface area contributed by atoms with E-state index in [1.165, 1.54) is 4.90 Å². The summed E-state index contributed by atoms with van der Waals surface area (Å²) in [6.45, 7) is 1.98. The molecule has 0 N–H and O–H groups in total. The van der Waals surface area contributed by atoms with Gasteiger partial charge in [0.25, 0.3) is 0 Å². The summed E-state index contributed by atoms with van der Waals surface area (Å²) >= 11 is 3.54. The van der Waals surface area contributed by atoms with Crippen LogP contribution in [0.4, 0.5) is 5.69 Å². The Hall–Kier alpha value is -3.64. The van der Waals surface area contributed by atoms with Crippen molar-refractivity contribution in [1.29, 1.82) is 0 Å². The van der Waals surface area contributed by atoms with Crippen LogP contribution in [0.2, 0.25) is 0 Å². The molecule has 0 spiro atoms. The van der Waals surface area contributed by atoms with Gasteiger partial charge in [-0.25, -0.2) is 4.90 Å². The molecule has 1 saturated carbocycles. The molecule has 0 aromatic heterocycles. The molecule has 3 aliphatic rings. The van der Waals surface area contributed by atoms with Crippen molar-refractivity contribution < 1.29 is 19.1 Å². The van der Waals surface area contributed by atoms with Crippen LogP contribution < -0.4 is 14.4 Å². The van der Waals surface area contributed by atoms with Gasteiger partial charge in [-0.05, 0) is 71.2 Å². The first kappa shape index (κ1) is 23.7. The first-order chi connectivity index (χ1) is 17.9. The maximum Gasteiger partial charge on any atom is 0.238 e. The summed E-state index contributed by atoms with van der Waals surface area (Å²) in [5.41, 5.74) is 5.93. The van der Waals surface area contributed by atoms with Crippen molar-refractivity contribution in [3.05, 3.63) is 106 Å². The largest absolute Gasteiger partial charge is 0.497 e. The molecule has 2 fully saturated rings. The molecule has 2 bridgehead atoms. The summed E-state index contributed by atoms with van der Waals surface area (Å²) in [4.78, 5) is 29.0. The molecule has 5 nitrogen and oxygen atoms in total. The average Bonchev–Trinajstić information content (AvgIpc) is 3.55. The third-order valence-corrected chi connectivity index (χ3v) is 8.73. The van der Waals surface area contributed by atoms with Crippen molar-refractivity contribution in [1.82, 2.24) is 0 Å². The number of nitrogens with zero attached hydrogens (tertiary/aromatic N) is 1. The van der Waals surface area contributed by atoms with Gasteiger partial charge < -0.3 is 9.47 Å². The standard InChI is InChI=1S/C31H26BrNO4/c1-17-4-9-20(16-25(17)32)33-30(34)28-23-14-15-24(29(28)31(33)35)27(23)26(18-5-10-21(36-2)11-6-18)19-7-12-22(37-3)13-8-19/h4-16,23-24,28-29H,1-3H3/t23-,24-,28-,29+/m1/s1. The molecule has 3 aromatic carbocycles. The number of methoxy groups -OCH3 is 2. The summed E-state index contributed by atoms with van der Waals surface area (Å²) in [5, 5.41) is 0. The van der Waals surface area contributed by atoms with E-state index < -0.39 is 11.8 Å². The Morgan fingerprint density at radius 3 is 1.68 bits per heavy atom. The molecule has 0 radical (unpaired) electrons. The summed E-state index contributed by atoms with van der Waals surface area (Å²) < 4.78 is 11.6. The molecule has 0 unspecified atom stereocenters. The number of halogens is 1. The van der Waals surface area contributed by atoms with Crippen LogP contribution >= 0.6 is 15.9 Å². The van der Waals surface area contributed by atoms with E-state index in [0.29, 0.717) is 5.69 Å². The number of hydrogen-bond donors (Lipinski definition) is 0. The van der Waals surface area contributed by atoms with Crippen molar-refractivity contribution in [3.8, 4) is 11.5 Å². The number of rotatable bonds is 5. The van der Waals surface area contributed by atoms with Gasteiger partial charge in [0.05, 0.1) is 31.7 Å². The third-order valence-electron chi connectivity index (χ3n) is 7.88. The second-order valence-corrected chi connectivity index (χ2v) is 10.6. The summed E-state index contributed by atoms with van der Waals surface area (Å²) in [6, 6.07) is 21.6. The average molecular weight is 556 g/mol. The quantitative estimate of drug-likeness (QED) is 0.278. The first-order valence-corrected chi connectivity index (χ1v) is 13.1. The fourth-order valence-electron chi connectivity index (χ4n) is 6.09. The molecule has 3 aromatic rings. The van der Waals surface area contributed by atoms with Crippen LogP contribution in [0.15, 0.2) is 88.9 Å². The van der Waals surface area contributed by atoms with E-state index >= 15 is 0 Å². The lowest BCUT2D eigenvalue weighted by molar-refractivity contribution is -0.122. The second-order valence-electron chi connectivity index (χ2n) is 9.72. The number of carbonyl (C=O) groups excluding carboxylic acids is 2. The van der Waals surface area contributed by atoms with Crippen LogP contribution in [-0.2, 0) is 9.59 Å². The zero-order valence-corrected chi connectivity index (χ0v) is 22.4. The number of allylic oxidation sites excluding steroid dienone is 3. The molecule has 6 rings (SSSR count). The molecule has 1 aliphatic heterocycles. The molecule has 4 atom stereocenters. The van der Waals surface area contributed by atoms with Crippen molar-refractivity contribution >= 4 is 39.0 Å². The van der Waals surface area contributed by atoms with Gasteiger partial charge in [-0.15, -0.1) is 0 Å². The highest BCUT2D eigenvalue weighted by molar-refractivity contribution is 9.10. The van der Waals surface area contributed by atoms with E-state index in [0.717, 1.165) is 43.8 Å². The Kier molecular flexibility index (Phi) is 5.80. The van der Waals surface area contributed by atoms with Gasteiger partial charge in [-0.2, -0.15) is 0 Å². The van der Waals surface area contributed by atoms with Crippen molar-refractivity contribution in [3.63, 3.8) is 0 Å². The van der Waals surface area contributed by atoms with E-state index in [2.05, 4.69) is 28.1 Å². The molecule has 1 saturated heterocycles. The number of ether oxygens (including phenoxy) is 2. The normalized spacial score (nSPS) is 23.6. The zero-order chi connectivity index (χ0) is 25.8. The fraction of sp³-hybridized carbons (Fsp3) is 0.226. The molecular weight excluding hydrogens is 530 g/mol. The highest BCUT2D eigenvalue weighted by Crippen LogP contribution is 2.59. The Bertz CT molecular complexity index is 1390. The number of amides is 2. The third kappa shape index (κ3) is 3.65. The lowest BCUT2D eigenvalue weighted by Gasteiger charge is -2.22. The summed E-state index contributed by atoms with van der Waals surface area (Å²) in [5.74, 6) is 0.241.